The van der Waals surface area contributed by atoms with Crippen LogP contribution in [-0.4, -0.2) is 19.5 Å². The van der Waals surface area contributed by atoms with Gasteiger partial charge in [-0.3, -0.25) is 0 Å². The molecule has 0 heterocycles. The van der Waals surface area contributed by atoms with Gasteiger partial charge in [-0.2, -0.15) is 0 Å². The molecule has 0 aliphatic rings. The topological polar surface area (TPSA) is 44.5 Å². The van der Waals surface area contributed by atoms with Crippen molar-refractivity contribution < 1.29 is 9.47 Å². The van der Waals surface area contributed by atoms with Crippen molar-refractivity contribution in [1.82, 2.24) is 0 Å². The molecule has 0 bridgehead atoms. The van der Waals surface area contributed by atoms with Crippen LogP contribution in [0.1, 0.15) is 30.9 Å². The van der Waals surface area contributed by atoms with E-state index in [-0.39, 0.29) is 12.2 Å². The predicted molar refractivity (Wildman–Crippen MR) is 90.8 cm³/mol. The standard InChI is InChI=1S/C19H25NO2/c1-3-21-19(22-4-2)17(15-10-6-5-7-11-15)14-16-12-8-9-13-18(16)20/h5-13,17,19H,3-4,14,20H2,1-2H3. The number of nitrogens with two attached hydrogens (primary N) is 1. The molecule has 1 atom stereocenters. The van der Waals surface area contributed by atoms with Crippen LogP contribution in [0, 0.1) is 0 Å². The van der Waals surface area contributed by atoms with Crippen LogP contribution in [0.15, 0.2) is 54.6 Å². The van der Waals surface area contributed by atoms with Crippen LogP contribution in [0.4, 0.5) is 5.69 Å². The molecule has 0 saturated heterocycles. The van der Waals surface area contributed by atoms with Gasteiger partial charge in [0.25, 0.3) is 0 Å². The van der Waals surface area contributed by atoms with Crippen LogP contribution in [0.5, 0.6) is 0 Å². The van der Waals surface area contributed by atoms with E-state index in [1.165, 1.54) is 5.56 Å². The maximum Gasteiger partial charge on any atom is 0.164 e. The second-order valence-corrected chi connectivity index (χ2v) is 5.20. The van der Waals surface area contributed by atoms with Gasteiger partial charge in [-0.15, -0.1) is 0 Å². The van der Waals surface area contributed by atoms with Crippen LogP contribution in [0.25, 0.3) is 0 Å². The Kier molecular flexibility index (Phi) is 6.44. The highest BCUT2D eigenvalue weighted by Crippen LogP contribution is 2.29. The zero-order valence-corrected chi connectivity index (χ0v) is 13.4. The van der Waals surface area contributed by atoms with Gasteiger partial charge < -0.3 is 15.2 Å². The number of benzene rings is 2. The van der Waals surface area contributed by atoms with Crippen molar-refractivity contribution in [3.8, 4) is 0 Å². The van der Waals surface area contributed by atoms with Crippen molar-refractivity contribution in [3.05, 3.63) is 65.7 Å². The zero-order valence-electron chi connectivity index (χ0n) is 13.4. The third kappa shape index (κ3) is 4.33. The quantitative estimate of drug-likeness (QED) is 0.592. The summed E-state index contributed by atoms with van der Waals surface area (Å²) in [5.41, 5.74) is 9.26. The van der Waals surface area contributed by atoms with Crippen LogP contribution in [-0.2, 0) is 15.9 Å². The Balaban J connectivity index is 2.30. The van der Waals surface area contributed by atoms with E-state index in [1.807, 2.05) is 50.2 Å². The Morgan fingerprint density at radius 1 is 0.864 bits per heavy atom. The fraction of sp³-hybridized carbons (Fsp3) is 0.368. The Hall–Kier alpha value is -1.84. The Morgan fingerprint density at radius 2 is 1.45 bits per heavy atom. The largest absolute Gasteiger partial charge is 0.399 e. The van der Waals surface area contributed by atoms with E-state index in [9.17, 15) is 0 Å². The summed E-state index contributed by atoms with van der Waals surface area (Å²) in [6.07, 6.45) is 0.526. The molecule has 0 amide bonds. The second kappa shape index (κ2) is 8.57. The van der Waals surface area contributed by atoms with Crippen LogP contribution >= 0.6 is 0 Å². The maximum absolute atomic E-state index is 6.11. The summed E-state index contributed by atoms with van der Waals surface area (Å²) in [5.74, 6) is 0.116. The summed E-state index contributed by atoms with van der Waals surface area (Å²) >= 11 is 0. The molecule has 0 aromatic heterocycles. The molecular weight excluding hydrogens is 274 g/mol. The minimum absolute atomic E-state index is 0.116. The molecular formula is C19H25NO2. The lowest BCUT2D eigenvalue weighted by molar-refractivity contribution is -0.150. The molecule has 0 saturated carbocycles. The average Bonchev–Trinajstić information content (AvgIpc) is 2.55. The third-order valence-corrected chi connectivity index (χ3v) is 3.71. The number of rotatable bonds is 8. The predicted octanol–water partition coefficient (Wildman–Crippen LogP) is 3.99. The maximum atomic E-state index is 6.11. The first-order chi connectivity index (χ1) is 10.8. The summed E-state index contributed by atoms with van der Waals surface area (Å²) < 4.78 is 11.7. The molecule has 3 heteroatoms. The lowest BCUT2D eigenvalue weighted by Crippen LogP contribution is -2.27. The molecule has 3 nitrogen and oxygen atoms in total. The summed E-state index contributed by atoms with van der Waals surface area (Å²) in [7, 11) is 0. The number of hydrogen-bond acceptors (Lipinski definition) is 3. The van der Waals surface area contributed by atoms with Crippen molar-refractivity contribution in [2.75, 3.05) is 18.9 Å². The molecule has 0 fully saturated rings. The number of para-hydroxylation sites is 1. The van der Waals surface area contributed by atoms with E-state index >= 15 is 0 Å². The van der Waals surface area contributed by atoms with Crippen molar-refractivity contribution in [2.45, 2.75) is 32.5 Å². The second-order valence-electron chi connectivity index (χ2n) is 5.20. The van der Waals surface area contributed by atoms with Gasteiger partial charge in [0.15, 0.2) is 6.29 Å². The smallest absolute Gasteiger partial charge is 0.164 e. The first kappa shape index (κ1) is 16.5. The van der Waals surface area contributed by atoms with Crippen LogP contribution < -0.4 is 5.73 Å². The minimum atomic E-state index is -0.267. The van der Waals surface area contributed by atoms with E-state index in [2.05, 4.69) is 18.2 Å². The summed E-state index contributed by atoms with van der Waals surface area (Å²) in [6.45, 7) is 5.23. The van der Waals surface area contributed by atoms with Crippen molar-refractivity contribution in [3.63, 3.8) is 0 Å². The van der Waals surface area contributed by atoms with Gasteiger partial charge in [-0.25, -0.2) is 0 Å². The van der Waals surface area contributed by atoms with Crippen molar-refractivity contribution in [1.29, 1.82) is 0 Å². The Bertz CT molecular complexity index is 550. The zero-order chi connectivity index (χ0) is 15.8. The lowest BCUT2D eigenvalue weighted by Gasteiger charge is -2.27. The van der Waals surface area contributed by atoms with E-state index < -0.39 is 0 Å². The number of nitrogen functional groups attached to an aromatic ring is 1. The van der Waals surface area contributed by atoms with Crippen molar-refractivity contribution in [2.24, 2.45) is 0 Å². The number of hydrogen-bond donors (Lipinski definition) is 1. The SMILES string of the molecule is CCOC(OCC)C(Cc1ccccc1N)c1ccccc1. The van der Waals surface area contributed by atoms with Gasteiger partial charge in [0.2, 0.25) is 0 Å². The van der Waals surface area contributed by atoms with Crippen LogP contribution in [0.2, 0.25) is 0 Å². The Morgan fingerprint density at radius 3 is 2.05 bits per heavy atom. The molecule has 2 N–H and O–H groups in total. The molecule has 118 valence electrons. The molecule has 0 aliphatic heterocycles. The number of ether oxygens (including phenoxy) is 2. The fourth-order valence-corrected chi connectivity index (χ4v) is 2.64. The number of anilines is 1. The molecule has 2 aromatic carbocycles. The van der Waals surface area contributed by atoms with Gasteiger partial charge in [0.1, 0.15) is 0 Å². The van der Waals surface area contributed by atoms with E-state index in [1.54, 1.807) is 0 Å². The summed E-state index contributed by atoms with van der Waals surface area (Å²) in [4.78, 5) is 0. The van der Waals surface area contributed by atoms with E-state index in [0.29, 0.717) is 13.2 Å². The minimum Gasteiger partial charge on any atom is -0.399 e. The first-order valence-corrected chi connectivity index (χ1v) is 7.87. The molecule has 0 spiro atoms. The Labute approximate surface area is 133 Å². The molecule has 2 aromatic rings. The van der Waals surface area contributed by atoms with Crippen molar-refractivity contribution >= 4 is 5.69 Å². The fourth-order valence-electron chi connectivity index (χ4n) is 2.64. The van der Waals surface area contributed by atoms with Gasteiger partial charge >= 0.3 is 0 Å². The van der Waals surface area contributed by atoms with Crippen LogP contribution in [0.3, 0.4) is 0 Å². The molecule has 0 radical (unpaired) electrons. The summed E-state index contributed by atoms with van der Waals surface area (Å²) in [5, 5.41) is 0. The van der Waals surface area contributed by atoms with Gasteiger partial charge in [-0.05, 0) is 37.5 Å². The lowest BCUT2D eigenvalue weighted by atomic mass is 9.90. The molecule has 1 unspecified atom stereocenters. The monoisotopic (exact) mass is 299 g/mol. The molecule has 22 heavy (non-hydrogen) atoms. The first-order valence-electron chi connectivity index (χ1n) is 7.87. The highest BCUT2D eigenvalue weighted by atomic mass is 16.7. The van der Waals surface area contributed by atoms with Gasteiger partial charge in [-0.1, -0.05) is 48.5 Å². The normalized spacial score (nSPS) is 12.5. The average molecular weight is 299 g/mol. The van der Waals surface area contributed by atoms with Gasteiger partial charge in [0, 0.05) is 24.8 Å². The van der Waals surface area contributed by atoms with E-state index in [0.717, 1.165) is 17.7 Å². The third-order valence-electron chi connectivity index (χ3n) is 3.71. The highest BCUT2D eigenvalue weighted by molar-refractivity contribution is 5.47. The molecule has 2 rings (SSSR count). The summed E-state index contributed by atoms with van der Waals surface area (Å²) in [6, 6.07) is 18.3. The van der Waals surface area contributed by atoms with Gasteiger partial charge in [0.05, 0.1) is 0 Å². The highest BCUT2D eigenvalue weighted by Gasteiger charge is 2.25. The van der Waals surface area contributed by atoms with E-state index in [4.69, 9.17) is 15.2 Å². The molecule has 0 aliphatic carbocycles.